The highest BCUT2D eigenvalue weighted by molar-refractivity contribution is 6.01. The summed E-state index contributed by atoms with van der Waals surface area (Å²) in [4.78, 5) is 15.8. The number of rotatable bonds is 4. The summed E-state index contributed by atoms with van der Waals surface area (Å²) >= 11 is 0. The molecule has 1 unspecified atom stereocenters. The van der Waals surface area contributed by atoms with E-state index >= 15 is 0 Å². The zero-order chi connectivity index (χ0) is 15.9. The maximum atomic E-state index is 13.5. The van der Waals surface area contributed by atoms with Crippen LogP contribution >= 0.6 is 0 Å². The van der Waals surface area contributed by atoms with Gasteiger partial charge in [-0.3, -0.25) is 9.78 Å². The molecule has 0 saturated heterocycles. The van der Waals surface area contributed by atoms with Gasteiger partial charge in [0.25, 0.3) is 5.91 Å². The quantitative estimate of drug-likeness (QED) is 0.696. The van der Waals surface area contributed by atoms with Gasteiger partial charge in [0, 0.05) is 11.8 Å². The molecule has 0 fully saturated rings. The van der Waals surface area contributed by atoms with Crippen LogP contribution in [0.1, 0.15) is 24.1 Å². The minimum absolute atomic E-state index is 0.147. The Hall–Kier alpha value is -3.00. The molecule has 4 nitrogen and oxygen atoms in total. The van der Waals surface area contributed by atoms with Crippen molar-refractivity contribution in [1.29, 1.82) is 5.26 Å². The average Bonchev–Trinajstić information content (AvgIpc) is 2.54. The van der Waals surface area contributed by atoms with Gasteiger partial charge in [0.05, 0.1) is 12.2 Å². The maximum Gasteiger partial charge on any atom is 0.262 e. The molecule has 1 heterocycles. The number of nitrogens with one attached hydrogen (secondary N) is 1. The van der Waals surface area contributed by atoms with E-state index in [1.165, 1.54) is 18.3 Å². The van der Waals surface area contributed by atoms with Crippen molar-refractivity contribution in [3.8, 4) is 6.07 Å². The first-order valence-corrected chi connectivity index (χ1v) is 6.69. The van der Waals surface area contributed by atoms with Crippen molar-refractivity contribution in [2.24, 2.45) is 0 Å². The lowest BCUT2D eigenvalue weighted by Gasteiger charge is -2.13. The molecule has 0 aliphatic carbocycles. The molecule has 22 heavy (non-hydrogen) atoms. The second-order valence-electron chi connectivity index (χ2n) is 4.67. The van der Waals surface area contributed by atoms with E-state index in [9.17, 15) is 9.18 Å². The molecule has 0 saturated carbocycles. The predicted molar refractivity (Wildman–Crippen MR) is 80.8 cm³/mol. The van der Waals surface area contributed by atoms with Gasteiger partial charge in [-0.25, -0.2) is 4.39 Å². The molecule has 1 atom stereocenters. The number of amides is 1. The van der Waals surface area contributed by atoms with Crippen LogP contribution in [0.2, 0.25) is 0 Å². The van der Waals surface area contributed by atoms with Crippen molar-refractivity contribution < 1.29 is 9.18 Å². The van der Waals surface area contributed by atoms with Crippen LogP contribution in [0, 0.1) is 17.1 Å². The number of hydrogen-bond donors (Lipinski definition) is 1. The number of carbonyl (C=O) groups is 1. The summed E-state index contributed by atoms with van der Waals surface area (Å²) in [6.07, 6.45) is 3.64. The van der Waals surface area contributed by atoms with E-state index in [1.807, 2.05) is 37.3 Å². The van der Waals surface area contributed by atoms with Crippen molar-refractivity contribution in [1.82, 2.24) is 10.3 Å². The Balaban J connectivity index is 2.17. The predicted octanol–water partition coefficient (Wildman–Crippen LogP) is 3.01. The Morgan fingerprint density at radius 3 is 2.73 bits per heavy atom. The molecular formula is C17H14FN3O. The SMILES string of the molecule is CC(NC(=O)C(C#N)=Cc1ccncc1F)c1ccccc1. The van der Waals surface area contributed by atoms with Gasteiger partial charge in [-0.05, 0) is 24.6 Å². The second-order valence-corrected chi connectivity index (χ2v) is 4.67. The number of nitrogens with zero attached hydrogens (tertiary/aromatic N) is 2. The van der Waals surface area contributed by atoms with Gasteiger partial charge < -0.3 is 5.32 Å². The fourth-order valence-corrected chi connectivity index (χ4v) is 1.91. The highest BCUT2D eigenvalue weighted by Crippen LogP contribution is 2.14. The Bertz CT molecular complexity index is 735. The van der Waals surface area contributed by atoms with Crippen LogP contribution in [-0.4, -0.2) is 10.9 Å². The Morgan fingerprint density at radius 2 is 2.09 bits per heavy atom. The molecule has 2 aromatic rings. The van der Waals surface area contributed by atoms with E-state index in [-0.39, 0.29) is 17.2 Å². The van der Waals surface area contributed by atoms with Gasteiger partial charge in [-0.2, -0.15) is 5.26 Å². The van der Waals surface area contributed by atoms with Crippen LogP contribution < -0.4 is 5.32 Å². The fourth-order valence-electron chi connectivity index (χ4n) is 1.91. The highest BCUT2D eigenvalue weighted by Gasteiger charge is 2.14. The summed E-state index contributed by atoms with van der Waals surface area (Å²) in [5.74, 6) is -1.13. The summed E-state index contributed by atoms with van der Waals surface area (Å²) in [6, 6.07) is 12.3. The minimum atomic E-state index is -0.584. The monoisotopic (exact) mass is 295 g/mol. The number of hydrogen-bond acceptors (Lipinski definition) is 3. The van der Waals surface area contributed by atoms with E-state index in [0.717, 1.165) is 11.8 Å². The molecule has 0 spiro atoms. The number of benzene rings is 1. The molecule has 0 bridgehead atoms. The fraction of sp³-hybridized carbons (Fsp3) is 0.118. The third-order valence-electron chi connectivity index (χ3n) is 3.12. The van der Waals surface area contributed by atoms with Gasteiger partial charge in [-0.15, -0.1) is 0 Å². The van der Waals surface area contributed by atoms with Crippen LogP contribution in [-0.2, 0) is 4.79 Å². The second kappa shape index (κ2) is 7.14. The van der Waals surface area contributed by atoms with Crippen molar-refractivity contribution in [2.75, 3.05) is 0 Å². The summed E-state index contributed by atoms with van der Waals surface area (Å²) in [5, 5.41) is 11.8. The zero-order valence-electron chi connectivity index (χ0n) is 12.0. The van der Waals surface area contributed by atoms with Crippen molar-refractivity contribution in [3.05, 3.63) is 71.3 Å². The molecule has 0 aliphatic rings. The van der Waals surface area contributed by atoms with Gasteiger partial charge in [0.15, 0.2) is 0 Å². The first-order chi connectivity index (χ1) is 10.6. The number of pyridine rings is 1. The normalized spacial score (nSPS) is 12.3. The van der Waals surface area contributed by atoms with E-state index in [0.29, 0.717) is 0 Å². The van der Waals surface area contributed by atoms with Crippen molar-refractivity contribution >= 4 is 12.0 Å². The molecule has 1 aromatic carbocycles. The Kier molecular flexibility index (Phi) is 4.99. The molecule has 5 heteroatoms. The van der Waals surface area contributed by atoms with E-state index in [2.05, 4.69) is 10.3 Å². The number of halogens is 1. The zero-order valence-corrected chi connectivity index (χ0v) is 12.0. The summed E-state index contributed by atoms with van der Waals surface area (Å²) in [7, 11) is 0. The van der Waals surface area contributed by atoms with Crippen LogP contribution in [0.5, 0.6) is 0 Å². The van der Waals surface area contributed by atoms with Crippen LogP contribution in [0.3, 0.4) is 0 Å². The lowest BCUT2D eigenvalue weighted by atomic mass is 10.1. The van der Waals surface area contributed by atoms with Crippen LogP contribution in [0.25, 0.3) is 6.08 Å². The van der Waals surface area contributed by atoms with Crippen LogP contribution in [0.4, 0.5) is 4.39 Å². The lowest BCUT2D eigenvalue weighted by molar-refractivity contribution is -0.117. The number of aromatic nitrogens is 1. The van der Waals surface area contributed by atoms with Gasteiger partial charge in [0.1, 0.15) is 17.5 Å². The molecule has 110 valence electrons. The lowest BCUT2D eigenvalue weighted by Crippen LogP contribution is -2.27. The topological polar surface area (TPSA) is 65.8 Å². The first kappa shape index (κ1) is 15.4. The van der Waals surface area contributed by atoms with E-state index in [1.54, 1.807) is 6.07 Å². The Morgan fingerprint density at radius 1 is 1.36 bits per heavy atom. The maximum absolute atomic E-state index is 13.5. The number of nitriles is 1. The number of carbonyl (C=O) groups excluding carboxylic acids is 1. The van der Waals surface area contributed by atoms with Crippen LogP contribution in [0.15, 0.2) is 54.4 Å². The third kappa shape index (κ3) is 3.76. The van der Waals surface area contributed by atoms with Gasteiger partial charge >= 0.3 is 0 Å². The summed E-state index contributed by atoms with van der Waals surface area (Å²) in [6.45, 7) is 1.81. The highest BCUT2D eigenvalue weighted by atomic mass is 19.1. The van der Waals surface area contributed by atoms with E-state index in [4.69, 9.17) is 5.26 Å². The standard InChI is InChI=1S/C17H14FN3O/c1-12(13-5-3-2-4-6-13)21-17(22)15(10-19)9-14-7-8-20-11-16(14)18/h2-9,11-12H,1H3,(H,21,22). The van der Waals surface area contributed by atoms with Gasteiger partial charge in [0.2, 0.25) is 0 Å². The molecule has 2 rings (SSSR count). The first-order valence-electron chi connectivity index (χ1n) is 6.69. The Labute approximate surface area is 127 Å². The third-order valence-corrected chi connectivity index (χ3v) is 3.12. The summed E-state index contributed by atoms with van der Waals surface area (Å²) in [5.41, 5.74) is 0.908. The smallest absolute Gasteiger partial charge is 0.262 e. The molecule has 1 amide bonds. The largest absolute Gasteiger partial charge is 0.345 e. The average molecular weight is 295 g/mol. The molecular weight excluding hydrogens is 281 g/mol. The molecule has 1 N–H and O–H groups in total. The van der Waals surface area contributed by atoms with Crippen molar-refractivity contribution in [2.45, 2.75) is 13.0 Å². The molecule has 0 aliphatic heterocycles. The van der Waals surface area contributed by atoms with Crippen molar-refractivity contribution in [3.63, 3.8) is 0 Å². The molecule has 0 radical (unpaired) electrons. The van der Waals surface area contributed by atoms with Gasteiger partial charge in [-0.1, -0.05) is 30.3 Å². The minimum Gasteiger partial charge on any atom is -0.345 e. The summed E-state index contributed by atoms with van der Waals surface area (Å²) < 4.78 is 13.5. The molecule has 1 aromatic heterocycles. The van der Waals surface area contributed by atoms with E-state index < -0.39 is 11.7 Å².